The number of nitro groups is 1. The summed E-state index contributed by atoms with van der Waals surface area (Å²) < 4.78 is 5.23. The Labute approximate surface area is 146 Å². The molecule has 2 rings (SSSR count). The van der Waals surface area contributed by atoms with Gasteiger partial charge in [0.2, 0.25) is 0 Å². The van der Waals surface area contributed by atoms with Gasteiger partial charge in [0.05, 0.1) is 25.7 Å². The molecule has 0 unspecified atom stereocenters. The fourth-order valence-electron chi connectivity index (χ4n) is 1.62. The molecule has 0 aliphatic heterocycles. The molecule has 23 heavy (non-hydrogen) atoms. The van der Waals surface area contributed by atoms with Crippen LogP contribution in [0.5, 0.6) is 5.75 Å². The van der Waals surface area contributed by atoms with Crippen LogP contribution >= 0.6 is 34.8 Å². The summed E-state index contributed by atoms with van der Waals surface area (Å²) >= 11 is 17.6. The van der Waals surface area contributed by atoms with E-state index in [2.05, 4.69) is 5.32 Å². The average Bonchev–Trinajstić information content (AvgIpc) is 2.51. The lowest BCUT2D eigenvalue weighted by molar-refractivity contribution is -0.384. The van der Waals surface area contributed by atoms with Gasteiger partial charge in [-0.2, -0.15) is 0 Å². The van der Waals surface area contributed by atoms with Crippen LogP contribution in [0.1, 0.15) is 0 Å². The fourth-order valence-corrected chi connectivity index (χ4v) is 2.21. The lowest BCUT2D eigenvalue weighted by atomic mass is 10.3. The summed E-state index contributed by atoms with van der Waals surface area (Å²) in [6, 6.07) is 8.20. The second kappa shape index (κ2) is 7.50. The Balaban J connectivity index is 1.95. The van der Waals surface area contributed by atoms with Gasteiger partial charge in [-0.3, -0.25) is 14.9 Å². The van der Waals surface area contributed by atoms with E-state index < -0.39 is 10.8 Å². The number of hydrogen-bond acceptors (Lipinski definition) is 4. The van der Waals surface area contributed by atoms with Gasteiger partial charge in [-0.05, 0) is 24.3 Å². The molecule has 0 atom stereocenters. The number of benzene rings is 2. The normalized spacial score (nSPS) is 10.2. The van der Waals surface area contributed by atoms with Crippen LogP contribution in [0.25, 0.3) is 0 Å². The highest BCUT2D eigenvalue weighted by Crippen LogP contribution is 2.32. The molecule has 9 heteroatoms. The summed E-state index contributed by atoms with van der Waals surface area (Å²) in [5, 5.41) is 13.8. The Bertz CT molecular complexity index is 750. The first-order chi connectivity index (χ1) is 10.9. The van der Waals surface area contributed by atoms with Crippen molar-refractivity contribution in [3.05, 3.63) is 61.6 Å². The van der Waals surface area contributed by atoms with Crippen molar-refractivity contribution in [1.29, 1.82) is 0 Å². The van der Waals surface area contributed by atoms with Crippen LogP contribution in [0.3, 0.4) is 0 Å². The number of nitrogens with zero attached hydrogens (tertiary/aromatic N) is 1. The van der Waals surface area contributed by atoms with E-state index in [1.54, 1.807) is 0 Å². The molecule has 0 radical (unpaired) electrons. The average molecular weight is 376 g/mol. The van der Waals surface area contributed by atoms with Crippen molar-refractivity contribution in [3.63, 3.8) is 0 Å². The fraction of sp³-hybridized carbons (Fsp3) is 0.0714. The van der Waals surface area contributed by atoms with Gasteiger partial charge in [-0.25, -0.2) is 0 Å². The van der Waals surface area contributed by atoms with Crippen LogP contribution in [-0.2, 0) is 4.79 Å². The summed E-state index contributed by atoms with van der Waals surface area (Å²) in [7, 11) is 0. The van der Waals surface area contributed by atoms with E-state index in [-0.39, 0.29) is 27.4 Å². The van der Waals surface area contributed by atoms with E-state index >= 15 is 0 Å². The van der Waals surface area contributed by atoms with Crippen molar-refractivity contribution < 1.29 is 14.5 Å². The van der Waals surface area contributed by atoms with Gasteiger partial charge >= 0.3 is 0 Å². The predicted molar refractivity (Wildman–Crippen MR) is 88.7 cm³/mol. The summed E-state index contributed by atoms with van der Waals surface area (Å²) in [6.07, 6.45) is 0. The topological polar surface area (TPSA) is 81.5 Å². The Morgan fingerprint density at radius 2 is 1.70 bits per heavy atom. The standard InChI is InChI=1S/C14H9Cl3N2O4/c15-10-5-12(17)13(6-11(10)16)18-14(20)7-23-9-3-1-8(2-4-9)19(21)22/h1-6H,7H2,(H,18,20). The SMILES string of the molecule is O=C(COc1ccc([N+](=O)[O-])cc1)Nc1cc(Cl)c(Cl)cc1Cl. The molecule has 0 aromatic heterocycles. The zero-order valence-electron chi connectivity index (χ0n) is 11.4. The first-order valence-electron chi connectivity index (χ1n) is 6.18. The van der Waals surface area contributed by atoms with Crippen molar-refractivity contribution >= 4 is 52.1 Å². The minimum atomic E-state index is -0.525. The van der Waals surface area contributed by atoms with E-state index in [0.29, 0.717) is 11.4 Å². The Morgan fingerprint density at radius 1 is 1.09 bits per heavy atom. The molecular formula is C14H9Cl3N2O4. The van der Waals surface area contributed by atoms with Crippen LogP contribution in [0.4, 0.5) is 11.4 Å². The van der Waals surface area contributed by atoms with Gasteiger partial charge in [-0.1, -0.05) is 34.8 Å². The molecule has 0 heterocycles. The molecule has 120 valence electrons. The Kier molecular flexibility index (Phi) is 5.65. The van der Waals surface area contributed by atoms with Crippen LogP contribution in [0.15, 0.2) is 36.4 Å². The minimum absolute atomic E-state index is 0.0654. The number of rotatable bonds is 5. The lowest BCUT2D eigenvalue weighted by Gasteiger charge is -2.09. The third kappa shape index (κ3) is 4.72. The lowest BCUT2D eigenvalue weighted by Crippen LogP contribution is -2.20. The monoisotopic (exact) mass is 374 g/mol. The van der Waals surface area contributed by atoms with Gasteiger partial charge in [0.1, 0.15) is 5.75 Å². The molecule has 0 spiro atoms. The van der Waals surface area contributed by atoms with Gasteiger partial charge in [0.25, 0.3) is 11.6 Å². The maximum absolute atomic E-state index is 11.8. The number of amides is 1. The molecule has 2 aromatic rings. The molecule has 0 saturated carbocycles. The van der Waals surface area contributed by atoms with E-state index in [9.17, 15) is 14.9 Å². The highest BCUT2D eigenvalue weighted by atomic mass is 35.5. The smallest absolute Gasteiger partial charge is 0.269 e. The number of ether oxygens (including phenoxy) is 1. The van der Waals surface area contributed by atoms with E-state index in [0.717, 1.165) is 0 Å². The third-order valence-electron chi connectivity index (χ3n) is 2.70. The van der Waals surface area contributed by atoms with Crippen LogP contribution in [-0.4, -0.2) is 17.4 Å². The van der Waals surface area contributed by atoms with Gasteiger partial charge in [0, 0.05) is 12.1 Å². The van der Waals surface area contributed by atoms with Crippen LogP contribution < -0.4 is 10.1 Å². The van der Waals surface area contributed by atoms with Gasteiger partial charge < -0.3 is 10.1 Å². The van der Waals surface area contributed by atoms with Crippen molar-refractivity contribution in [1.82, 2.24) is 0 Å². The predicted octanol–water partition coefficient (Wildman–Crippen LogP) is 4.57. The maximum Gasteiger partial charge on any atom is 0.269 e. The molecule has 0 aliphatic rings. The third-order valence-corrected chi connectivity index (χ3v) is 3.74. The number of halogens is 3. The van der Waals surface area contributed by atoms with E-state index in [4.69, 9.17) is 39.5 Å². The van der Waals surface area contributed by atoms with Gasteiger partial charge in [0.15, 0.2) is 6.61 Å². The van der Waals surface area contributed by atoms with Crippen LogP contribution in [0, 0.1) is 10.1 Å². The number of nitrogens with one attached hydrogen (secondary N) is 1. The number of carbonyl (C=O) groups excluding carboxylic acids is 1. The number of nitro benzene ring substituents is 1. The second-order valence-electron chi connectivity index (χ2n) is 4.33. The Hall–Kier alpha value is -2.02. The summed E-state index contributed by atoms with van der Waals surface area (Å²) in [5.41, 5.74) is 0.239. The van der Waals surface area contributed by atoms with E-state index in [1.165, 1.54) is 36.4 Å². The zero-order chi connectivity index (χ0) is 17.0. The minimum Gasteiger partial charge on any atom is -0.484 e. The summed E-state index contributed by atoms with van der Waals surface area (Å²) in [5.74, 6) is -0.144. The summed E-state index contributed by atoms with van der Waals surface area (Å²) in [4.78, 5) is 21.8. The molecule has 6 nitrogen and oxygen atoms in total. The Morgan fingerprint density at radius 3 is 2.30 bits per heavy atom. The molecule has 0 aliphatic carbocycles. The van der Waals surface area contributed by atoms with E-state index in [1.807, 2.05) is 0 Å². The molecule has 2 aromatic carbocycles. The number of anilines is 1. The van der Waals surface area contributed by atoms with Crippen molar-refractivity contribution in [2.45, 2.75) is 0 Å². The molecule has 1 amide bonds. The summed E-state index contributed by atoms with van der Waals surface area (Å²) in [6.45, 7) is -0.297. The number of carbonyl (C=O) groups is 1. The maximum atomic E-state index is 11.8. The van der Waals surface area contributed by atoms with Crippen molar-refractivity contribution in [2.24, 2.45) is 0 Å². The molecule has 0 fully saturated rings. The largest absolute Gasteiger partial charge is 0.484 e. The molecule has 0 bridgehead atoms. The molecular weight excluding hydrogens is 367 g/mol. The second-order valence-corrected chi connectivity index (χ2v) is 5.56. The quantitative estimate of drug-likeness (QED) is 0.471. The first-order valence-corrected chi connectivity index (χ1v) is 7.32. The first kappa shape index (κ1) is 17.3. The van der Waals surface area contributed by atoms with Crippen molar-refractivity contribution in [3.8, 4) is 5.75 Å². The van der Waals surface area contributed by atoms with Gasteiger partial charge in [-0.15, -0.1) is 0 Å². The zero-order valence-corrected chi connectivity index (χ0v) is 13.7. The number of non-ortho nitro benzene ring substituents is 1. The van der Waals surface area contributed by atoms with Crippen LogP contribution in [0.2, 0.25) is 15.1 Å². The highest BCUT2D eigenvalue weighted by Gasteiger charge is 2.10. The number of hydrogen-bond donors (Lipinski definition) is 1. The molecule has 0 saturated heterocycles. The highest BCUT2D eigenvalue weighted by molar-refractivity contribution is 6.44. The van der Waals surface area contributed by atoms with Crippen molar-refractivity contribution in [2.75, 3.05) is 11.9 Å². The molecule has 1 N–H and O–H groups in total.